The molecule has 19 heavy (non-hydrogen) atoms. The second-order valence-corrected chi connectivity index (χ2v) is 5.68. The largest absolute Gasteiger partial charge is 0.466 e. The molecular formula is C16H33NO2. The number of carbonyl (C=O) groups is 1. The first kappa shape index (κ1) is 18.4. The van der Waals surface area contributed by atoms with Gasteiger partial charge in [-0.15, -0.1) is 0 Å². The fourth-order valence-electron chi connectivity index (χ4n) is 2.16. The average Bonchev–Trinajstić information content (AvgIpc) is 2.34. The predicted octanol–water partition coefficient (Wildman–Crippen LogP) is 4.01. The van der Waals surface area contributed by atoms with Gasteiger partial charge in [-0.3, -0.25) is 4.79 Å². The molecule has 0 spiro atoms. The molecule has 3 heteroatoms. The molecular weight excluding hydrogens is 238 g/mol. The molecule has 0 aliphatic rings. The summed E-state index contributed by atoms with van der Waals surface area (Å²) in [4.78, 5) is 12.8. The molecule has 0 aromatic rings. The van der Waals surface area contributed by atoms with Crippen molar-refractivity contribution in [2.45, 2.75) is 71.1 Å². The van der Waals surface area contributed by atoms with E-state index < -0.39 is 0 Å². The van der Waals surface area contributed by atoms with E-state index in [0.717, 1.165) is 6.42 Å². The molecule has 0 amide bonds. The fraction of sp³-hybridized carbons (Fsp3) is 0.938. The highest BCUT2D eigenvalue weighted by molar-refractivity contribution is 5.65. The van der Waals surface area contributed by atoms with Crippen LogP contribution in [0.5, 0.6) is 0 Å². The summed E-state index contributed by atoms with van der Waals surface area (Å²) in [6.45, 7) is 3.29. The first-order valence-electron chi connectivity index (χ1n) is 7.91. The van der Waals surface area contributed by atoms with E-state index in [1.807, 2.05) is 0 Å². The molecule has 0 N–H and O–H groups in total. The van der Waals surface area contributed by atoms with E-state index in [-0.39, 0.29) is 5.97 Å². The number of esters is 1. The van der Waals surface area contributed by atoms with Gasteiger partial charge < -0.3 is 9.64 Å². The van der Waals surface area contributed by atoms with Crippen LogP contribution in [0.4, 0.5) is 0 Å². The van der Waals surface area contributed by atoms with Crippen molar-refractivity contribution in [3.8, 4) is 0 Å². The summed E-state index contributed by atoms with van der Waals surface area (Å²) in [5.74, 6) is -0.158. The lowest BCUT2D eigenvalue weighted by molar-refractivity contribution is -0.141. The number of hydrogen-bond acceptors (Lipinski definition) is 3. The van der Waals surface area contributed by atoms with E-state index in [2.05, 4.69) is 19.0 Å². The molecule has 0 atom stereocenters. The Morgan fingerprint density at radius 3 is 1.63 bits per heavy atom. The van der Waals surface area contributed by atoms with Crippen molar-refractivity contribution in [1.29, 1.82) is 0 Å². The maximum absolute atomic E-state index is 10.5. The van der Waals surface area contributed by atoms with E-state index in [0.29, 0.717) is 6.61 Å². The van der Waals surface area contributed by atoms with Crippen molar-refractivity contribution in [2.75, 3.05) is 27.2 Å². The molecule has 0 fully saturated rings. The zero-order valence-corrected chi connectivity index (χ0v) is 13.2. The summed E-state index contributed by atoms with van der Waals surface area (Å²) in [6, 6.07) is 0. The molecule has 0 aliphatic heterocycles. The molecule has 0 aromatic heterocycles. The lowest BCUT2D eigenvalue weighted by Crippen LogP contribution is -2.12. The maximum Gasteiger partial charge on any atom is 0.302 e. The number of ether oxygens (including phenoxy) is 1. The van der Waals surface area contributed by atoms with Gasteiger partial charge in [0.15, 0.2) is 0 Å². The molecule has 0 rings (SSSR count). The summed E-state index contributed by atoms with van der Waals surface area (Å²) in [7, 11) is 4.28. The van der Waals surface area contributed by atoms with Crippen molar-refractivity contribution in [1.82, 2.24) is 4.90 Å². The zero-order valence-electron chi connectivity index (χ0n) is 13.2. The smallest absolute Gasteiger partial charge is 0.302 e. The van der Waals surface area contributed by atoms with Gasteiger partial charge in [-0.1, -0.05) is 51.4 Å². The van der Waals surface area contributed by atoms with Gasteiger partial charge >= 0.3 is 5.97 Å². The normalized spacial score (nSPS) is 10.9. The monoisotopic (exact) mass is 271 g/mol. The van der Waals surface area contributed by atoms with Gasteiger partial charge in [-0.2, -0.15) is 0 Å². The topological polar surface area (TPSA) is 29.5 Å². The van der Waals surface area contributed by atoms with Crippen molar-refractivity contribution in [3.05, 3.63) is 0 Å². The van der Waals surface area contributed by atoms with Crippen LogP contribution in [0.3, 0.4) is 0 Å². The summed E-state index contributed by atoms with van der Waals surface area (Å²) < 4.78 is 4.90. The molecule has 0 heterocycles. The van der Waals surface area contributed by atoms with E-state index >= 15 is 0 Å². The number of carbonyl (C=O) groups excluding carboxylic acids is 1. The Labute approximate surface area is 119 Å². The SMILES string of the molecule is CC(=O)OCCCCCCCCCCCCN(C)C. The molecule has 0 saturated heterocycles. The molecule has 114 valence electrons. The number of rotatable bonds is 13. The highest BCUT2D eigenvalue weighted by Crippen LogP contribution is 2.10. The minimum absolute atomic E-state index is 0.158. The van der Waals surface area contributed by atoms with E-state index in [4.69, 9.17) is 4.74 Å². The number of unbranched alkanes of at least 4 members (excludes halogenated alkanes) is 9. The lowest BCUT2D eigenvalue weighted by atomic mass is 10.1. The van der Waals surface area contributed by atoms with Crippen molar-refractivity contribution < 1.29 is 9.53 Å². The summed E-state index contributed by atoms with van der Waals surface area (Å²) in [5, 5.41) is 0. The van der Waals surface area contributed by atoms with Gasteiger partial charge in [0, 0.05) is 6.92 Å². The van der Waals surface area contributed by atoms with Crippen molar-refractivity contribution >= 4 is 5.97 Å². The lowest BCUT2D eigenvalue weighted by Gasteiger charge is -2.08. The summed E-state index contributed by atoms with van der Waals surface area (Å²) in [5.41, 5.74) is 0. The predicted molar refractivity (Wildman–Crippen MR) is 81.4 cm³/mol. The summed E-state index contributed by atoms with van der Waals surface area (Å²) >= 11 is 0. The van der Waals surface area contributed by atoms with Crippen LogP contribution in [0, 0.1) is 0 Å². The van der Waals surface area contributed by atoms with Crippen LogP contribution in [0.15, 0.2) is 0 Å². The fourth-order valence-corrected chi connectivity index (χ4v) is 2.16. The second-order valence-electron chi connectivity index (χ2n) is 5.68. The van der Waals surface area contributed by atoms with E-state index in [9.17, 15) is 4.79 Å². The third kappa shape index (κ3) is 17.4. The minimum atomic E-state index is -0.158. The van der Waals surface area contributed by atoms with Crippen molar-refractivity contribution in [2.24, 2.45) is 0 Å². The first-order valence-corrected chi connectivity index (χ1v) is 7.91. The van der Waals surface area contributed by atoms with Crippen LogP contribution in [0.25, 0.3) is 0 Å². The molecule has 0 unspecified atom stereocenters. The number of hydrogen-bond donors (Lipinski definition) is 0. The van der Waals surface area contributed by atoms with E-state index in [1.54, 1.807) is 0 Å². The van der Waals surface area contributed by atoms with Crippen LogP contribution in [-0.4, -0.2) is 38.1 Å². The van der Waals surface area contributed by atoms with Crippen LogP contribution in [0.1, 0.15) is 71.1 Å². The summed E-state index contributed by atoms with van der Waals surface area (Å²) in [6.07, 6.45) is 13.1. The molecule has 0 aromatic carbocycles. The van der Waals surface area contributed by atoms with Gasteiger partial charge in [0.25, 0.3) is 0 Å². The van der Waals surface area contributed by atoms with Gasteiger partial charge in [0.2, 0.25) is 0 Å². The average molecular weight is 271 g/mol. The van der Waals surface area contributed by atoms with Crippen molar-refractivity contribution in [3.63, 3.8) is 0 Å². The second kappa shape index (κ2) is 13.9. The van der Waals surface area contributed by atoms with Crippen LogP contribution >= 0.6 is 0 Å². The van der Waals surface area contributed by atoms with Gasteiger partial charge in [-0.05, 0) is 33.5 Å². The molecule has 3 nitrogen and oxygen atoms in total. The molecule has 0 aliphatic carbocycles. The van der Waals surface area contributed by atoms with Gasteiger partial charge in [0.1, 0.15) is 0 Å². The Kier molecular flexibility index (Phi) is 13.4. The van der Waals surface area contributed by atoms with Crippen LogP contribution in [0.2, 0.25) is 0 Å². The zero-order chi connectivity index (χ0) is 14.3. The standard InChI is InChI=1S/C16H33NO2/c1-16(18)19-15-13-11-9-7-5-4-6-8-10-12-14-17(2)3/h4-15H2,1-3H3. The first-order chi connectivity index (χ1) is 9.13. The Hall–Kier alpha value is -0.570. The third-order valence-corrected chi connectivity index (χ3v) is 3.30. The highest BCUT2D eigenvalue weighted by atomic mass is 16.5. The number of nitrogens with zero attached hydrogens (tertiary/aromatic N) is 1. The van der Waals surface area contributed by atoms with Gasteiger partial charge in [0.05, 0.1) is 6.61 Å². The molecule has 0 saturated carbocycles. The van der Waals surface area contributed by atoms with E-state index in [1.165, 1.54) is 71.3 Å². The van der Waals surface area contributed by atoms with Gasteiger partial charge in [-0.25, -0.2) is 0 Å². The third-order valence-electron chi connectivity index (χ3n) is 3.30. The Bertz CT molecular complexity index is 205. The quantitative estimate of drug-likeness (QED) is 0.374. The van der Waals surface area contributed by atoms with Crippen LogP contribution < -0.4 is 0 Å². The van der Waals surface area contributed by atoms with Crippen LogP contribution in [-0.2, 0) is 9.53 Å². The molecule has 0 bridgehead atoms. The Morgan fingerprint density at radius 1 is 0.789 bits per heavy atom. The Morgan fingerprint density at radius 2 is 1.21 bits per heavy atom. The Balaban J connectivity index is 2.97. The molecule has 0 radical (unpaired) electrons. The maximum atomic E-state index is 10.5. The highest BCUT2D eigenvalue weighted by Gasteiger charge is 1.95. The minimum Gasteiger partial charge on any atom is -0.466 e.